The van der Waals surface area contributed by atoms with Gasteiger partial charge < -0.3 is 28.4 Å². The van der Waals surface area contributed by atoms with Crippen LogP contribution in [0, 0.1) is 3.57 Å². The molecule has 1 aliphatic rings. The van der Waals surface area contributed by atoms with Crippen LogP contribution in [0.5, 0.6) is 23.0 Å². The molecule has 0 aliphatic carbocycles. The van der Waals surface area contributed by atoms with Crippen LogP contribution in [0.1, 0.15) is 37.9 Å². The largest absolute Gasteiger partial charge is 0.493 e. The molecule has 0 bridgehead atoms. The number of fused-ring (bicyclic) bond motifs is 1. The predicted octanol–water partition coefficient (Wildman–Crippen LogP) is 3.93. The lowest BCUT2D eigenvalue weighted by molar-refractivity contribution is -0.143. The summed E-state index contributed by atoms with van der Waals surface area (Å²) in [6.45, 7) is 9.31. The molecule has 1 aromatic heterocycles. The zero-order valence-corrected chi connectivity index (χ0v) is 28.5. The zero-order chi connectivity index (χ0) is 32.7. The number of aromatic nitrogens is 1. The van der Waals surface area contributed by atoms with Gasteiger partial charge in [-0.25, -0.2) is 14.6 Å². The first-order chi connectivity index (χ1) is 21.7. The Bertz CT molecular complexity index is 1830. The van der Waals surface area contributed by atoms with Crippen molar-refractivity contribution in [1.29, 1.82) is 0 Å². The summed E-state index contributed by atoms with van der Waals surface area (Å²) in [6.07, 6.45) is 3.35. The molecule has 2 aromatic carbocycles. The topological polar surface area (TPSA) is 124 Å². The van der Waals surface area contributed by atoms with Gasteiger partial charge in [-0.05, 0) is 79.3 Å². The van der Waals surface area contributed by atoms with E-state index >= 15 is 0 Å². The van der Waals surface area contributed by atoms with Gasteiger partial charge in [0.05, 0.1) is 49.3 Å². The van der Waals surface area contributed by atoms with Crippen LogP contribution in [0.2, 0.25) is 0 Å². The van der Waals surface area contributed by atoms with E-state index in [0.717, 1.165) is 3.57 Å². The van der Waals surface area contributed by atoms with E-state index < -0.39 is 18.0 Å². The Labute approximate surface area is 277 Å². The minimum absolute atomic E-state index is 0.138. The highest BCUT2D eigenvalue weighted by atomic mass is 127. The van der Waals surface area contributed by atoms with Gasteiger partial charge in [-0.3, -0.25) is 9.36 Å². The molecular formula is C32H33IN2O9S. The summed E-state index contributed by atoms with van der Waals surface area (Å²) in [5.41, 5.74) is 1.46. The summed E-state index contributed by atoms with van der Waals surface area (Å²) < 4.78 is 35.7. The molecule has 45 heavy (non-hydrogen) atoms. The van der Waals surface area contributed by atoms with Crippen LogP contribution in [0.15, 0.2) is 64.0 Å². The molecule has 0 unspecified atom stereocenters. The van der Waals surface area contributed by atoms with Crippen molar-refractivity contribution in [3.05, 3.63) is 88.6 Å². The summed E-state index contributed by atoms with van der Waals surface area (Å²) in [5.74, 6) is 0.460. The van der Waals surface area contributed by atoms with Crippen molar-refractivity contribution in [2.24, 2.45) is 4.99 Å². The number of allylic oxidation sites excluding steroid dienone is 1. The van der Waals surface area contributed by atoms with Crippen LogP contribution < -0.4 is 33.8 Å². The molecule has 1 atom stereocenters. The van der Waals surface area contributed by atoms with Crippen LogP contribution in [0.25, 0.3) is 6.08 Å². The molecule has 0 fully saturated rings. The first-order valence-electron chi connectivity index (χ1n) is 13.9. The highest BCUT2D eigenvalue weighted by molar-refractivity contribution is 14.1. The minimum atomic E-state index is -0.891. The summed E-state index contributed by atoms with van der Waals surface area (Å²) in [7, 11) is 2.82. The van der Waals surface area contributed by atoms with Crippen LogP contribution in [-0.2, 0) is 19.1 Å². The second kappa shape index (κ2) is 15.3. The molecule has 0 amide bonds. The molecule has 11 nitrogen and oxygen atoms in total. The fourth-order valence-electron chi connectivity index (χ4n) is 4.67. The van der Waals surface area contributed by atoms with Gasteiger partial charge in [-0.2, -0.15) is 0 Å². The van der Waals surface area contributed by atoms with E-state index in [1.165, 1.54) is 23.0 Å². The maximum Gasteiger partial charge on any atom is 0.343 e. The van der Waals surface area contributed by atoms with Gasteiger partial charge in [0.15, 0.2) is 34.4 Å². The van der Waals surface area contributed by atoms with Crippen LogP contribution >= 0.6 is 33.9 Å². The smallest absolute Gasteiger partial charge is 0.343 e. The monoisotopic (exact) mass is 748 g/mol. The van der Waals surface area contributed by atoms with Gasteiger partial charge in [0.1, 0.15) is 6.61 Å². The fraction of sp³-hybridized carbons (Fsp3) is 0.312. The van der Waals surface area contributed by atoms with Gasteiger partial charge in [0, 0.05) is 9.13 Å². The number of nitrogens with zero attached hydrogens (tertiary/aromatic N) is 2. The first kappa shape index (κ1) is 33.8. The molecule has 13 heteroatoms. The van der Waals surface area contributed by atoms with E-state index in [1.54, 1.807) is 58.2 Å². The Hall–Kier alpha value is -4.11. The molecule has 238 valence electrons. The summed E-state index contributed by atoms with van der Waals surface area (Å²) in [6, 6.07) is 7.84. The van der Waals surface area contributed by atoms with E-state index in [9.17, 15) is 14.4 Å². The molecule has 0 spiro atoms. The standard InChI is InChI=1S/C32H33IN2O9S/c1-7-12-43-29-20(13-21(33)16-24(29)39-5)15-25-30(37)35-28(27(31(38)42-9-3)18(4)34-32(35)45-25)19-10-11-22(23(14-19)41-8-2)44-17-26(36)40-6/h7,10-11,13-16,28H,1,8-9,12,17H2,2-6H3/b25-15+/t28-/m0/s1. The number of benzene rings is 2. The van der Waals surface area contributed by atoms with Gasteiger partial charge in [0.25, 0.3) is 5.56 Å². The van der Waals surface area contributed by atoms with Crippen molar-refractivity contribution in [1.82, 2.24) is 4.57 Å². The Morgan fingerprint density at radius 3 is 2.51 bits per heavy atom. The minimum Gasteiger partial charge on any atom is -0.493 e. The number of methoxy groups -OCH3 is 2. The van der Waals surface area contributed by atoms with Gasteiger partial charge >= 0.3 is 11.9 Å². The van der Waals surface area contributed by atoms with E-state index in [1.807, 2.05) is 12.1 Å². The van der Waals surface area contributed by atoms with E-state index in [-0.39, 0.29) is 31.0 Å². The van der Waals surface area contributed by atoms with E-state index in [4.69, 9.17) is 23.7 Å². The third-order valence-corrected chi connectivity index (χ3v) is 8.18. The second-order valence-electron chi connectivity index (χ2n) is 9.43. The van der Waals surface area contributed by atoms with Crippen molar-refractivity contribution in [2.75, 3.05) is 40.6 Å². The number of halogens is 1. The summed E-state index contributed by atoms with van der Waals surface area (Å²) in [4.78, 5) is 44.3. The molecule has 0 saturated carbocycles. The third-order valence-electron chi connectivity index (χ3n) is 6.57. The maximum atomic E-state index is 14.2. The first-order valence-corrected chi connectivity index (χ1v) is 15.8. The zero-order valence-electron chi connectivity index (χ0n) is 25.5. The second-order valence-corrected chi connectivity index (χ2v) is 11.7. The molecular weight excluding hydrogens is 715 g/mol. The van der Waals surface area contributed by atoms with Gasteiger partial charge in [0.2, 0.25) is 0 Å². The average Bonchev–Trinajstić information content (AvgIpc) is 3.32. The number of carbonyl (C=O) groups is 2. The molecule has 3 aromatic rings. The molecule has 0 radical (unpaired) electrons. The highest BCUT2D eigenvalue weighted by Crippen LogP contribution is 2.37. The number of ether oxygens (including phenoxy) is 6. The Morgan fingerprint density at radius 1 is 1.07 bits per heavy atom. The van der Waals surface area contributed by atoms with Crippen molar-refractivity contribution in [2.45, 2.75) is 26.8 Å². The lowest BCUT2D eigenvalue weighted by Gasteiger charge is -2.25. The lowest BCUT2D eigenvalue weighted by atomic mass is 9.95. The lowest BCUT2D eigenvalue weighted by Crippen LogP contribution is -2.40. The Balaban J connectivity index is 1.94. The third kappa shape index (κ3) is 7.41. The van der Waals surface area contributed by atoms with Crippen LogP contribution in [0.4, 0.5) is 0 Å². The van der Waals surface area contributed by atoms with Crippen molar-refractivity contribution < 1.29 is 38.0 Å². The highest BCUT2D eigenvalue weighted by Gasteiger charge is 2.34. The number of carbonyl (C=O) groups excluding carboxylic acids is 2. The average molecular weight is 749 g/mol. The molecule has 1 aliphatic heterocycles. The predicted molar refractivity (Wildman–Crippen MR) is 177 cm³/mol. The number of esters is 2. The van der Waals surface area contributed by atoms with Crippen LogP contribution in [-0.4, -0.2) is 57.2 Å². The number of hydrogen-bond acceptors (Lipinski definition) is 11. The molecule has 4 rings (SSSR count). The molecule has 0 N–H and O–H groups in total. The van der Waals surface area contributed by atoms with Crippen molar-refractivity contribution in [3.63, 3.8) is 0 Å². The van der Waals surface area contributed by atoms with Gasteiger partial charge in [-0.15, -0.1) is 0 Å². The summed E-state index contributed by atoms with van der Waals surface area (Å²) in [5, 5.41) is 0. The van der Waals surface area contributed by atoms with E-state index in [0.29, 0.717) is 55.8 Å². The Morgan fingerprint density at radius 2 is 1.84 bits per heavy atom. The van der Waals surface area contributed by atoms with Gasteiger partial charge in [-0.1, -0.05) is 30.1 Å². The molecule has 0 saturated heterocycles. The fourth-order valence-corrected chi connectivity index (χ4v) is 6.33. The number of rotatable bonds is 13. The summed E-state index contributed by atoms with van der Waals surface area (Å²) >= 11 is 3.36. The van der Waals surface area contributed by atoms with Crippen molar-refractivity contribution >= 4 is 51.9 Å². The van der Waals surface area contributed by atoms with Crippen molar-refractivity contribution in [3.8, 4) is 23.0 Å². The Kier molecular flexibility index (Phi) is 11.4. The normalized spacial score (nSPS) is 14.3. The maximum absolute atomic E-state index is 14.2. The SMILES string of the molecule is C=CCOc1c(/C=c2/sc3n(c2=O)[C@@H](c2ccc(OCC(=O)OC)c(OCC)c2)C(C(=O)OCC)=C(C)N=3)cc(I)cc1OC. The quantitative estimate of drug-likeness (QED) is 0.145. The number of thiazole rings is 1. The van der Waals surface area contributed by atoms with E-state index in [2.05, 4.69) is 38.9 Å². The van der Waals surface area contributed by atoms with Crippen LogP contribution in [0.3, 0.4) is 0 Å². The number of hydrogen-bond donors (Lipinski definition) is 0. The molecule has 2 heterocycles.